The summed E-state index contributed by atoms with van der Waals surface area (Å²) in [6.07, 6.45) is 3.45. The van der Waals surface area contributed by atoms with Crippen molar-refractivity contribution in [1.82, 2.24) is 5.32 Å². The minimum absolute atomic E-state index is 0.309. The largest absolute Gasteiger partial charge is 0.496 e. The van der Waals surface area contributed by atoms with Crippen molar-refractivity contribution in [3.63, 3.8) is 0 Å². The van der Waals surface area contributed by atoms with Crippen LogP contribution in [-0.2, 0) is 6.42 Å². The predicted octanol–water partition coefficient (Wildman–Crippen LogP) is 4.42. The molecule has 0 bridgehead atoms. The molecular weight excluding hydrogens is 302 g/mol. The van der Waals surface area contributed by atoms with Crippen molar-refractivity contribution in [2.75, 3.05) is 20.2 Å². The normalized spacial score (nSPS) is 14.2. The molecule has 1 atom stereocenters. The van der Waals surface area contributed by atoms with Gasteiger partial charge in [-0.2, -0.15) is 0 Å². The Labute approximate surface area is 126 Å². The molecule has 0 spiro atoms. The Morgan fingerprint density at radius 1 is 1.32 bits per heavy atom. The Hall–Kier alpha value is -0.540. The first kappa shape index (κ1) is 16.5. The maximum atomic E-state index is 5.28. The summed E-state index contributed by atoms with van der Waals surface area (Å²) in [5.41, 5.74) is 1.67. The molecule has 0 aliphatic heterocycles. The zero-order valence-corrected chi connectivity index (χ0v) is 14.1. The van der Waals surface area contributed by atoms with Crippen molar-refractivity contribution < 1.29 is 4.74 Å². The second-order valence-electron chi connectivity index (χ2n) is 5.49. The Morgan fingerprint density at radius 3 is 2.58 bits per heavy atom. The smallest absolute Gasteiger partial charge is 0.133 e. The Morgan fingerprint density at radius 2 is 2.05 bits per heavy atom. The van der Waals surface area contributed by atoms with Crippen LogP contribution in [-0.4, -0.2) is 20.2 Å². The van der Waals surface area contributed by atoms with Crippen LogP contribution in [0.4, 0.5) is 0 Å². The molecule has 0 saturated heterocycles. The molecule has 0 aliphatic carbocycles. The van der Waals surface area contributed by atoms with Crippen molar-refractivity contribution in [1.29, 1.82) is 0 Å². The van der Waals surface area contributed by atoms with Crippen LogP contribution in [0.15, 0.2) is 22.7 Å². The van der Waals surface area contributed by atoms with E-state index in [-0.39, 0.29) is 0 Å². The van der Waals surface area contributed by atoms with Crippen molar-refractivity contribution in [3.8, 4) is 5.75 Å². The van der Waals surface area contributed by atoms with Gasteiger partial charge < -0.3 is 10.1 Å². The Bertz CT molecular complexity index is 394. The molecule has 1 aromatic rings. The number of rotatable bonds is 8. The van der Waals surface area contributed by atoms with Gasteiger partial charge in [-0.25, -0.2) is 0 Å². The van der Waals surface area contributed by atoms with Crippen LogP contribution in [0.2, 0.25) is 0 Å². The van der Waals surface area contributed by atoms with Gasteiger partial charge in [0.05, 0.1) is 11.6 Å². The third-order valence-electron chi connectivity index (χ3n) is 3.68. The molecule has 0 heterocycles. The lowest BCUT2D eigenvalue weighted by molar-refractivity contribution is 0.290. The van der Waals surface area contributed by atoms with E-state index in [0.29, 0.717) is 5.41 Å². The van der Waals surface area contributed by atoms with E-state index in [0.717, 1.165) is 29.7 Å². The first-order valence-corrected chi connectivity index (χ1v) is 7.87. The molecule has 0 aromatic heterocycles. The quantitative estimate of drug-likeness (QED) is 0.714. The van der Waals surface area contributed by atoms with Gasteiger partial charge >= 0.3 is 0 Å². The molecule has 0 radical (unpaired) electrons. The molecular formula is C16H26BrNO. The van der Waals surface area contributed by atoms with E-state index in [9.17, 15) is 0 Å². The SMILES string of the molecule is CCCNCC(C)(CC)Cc1ccc(OC)c(Br)c1. The van der Waals surface area contributed by atoms with E-state index in [1.54, 1.807) is 7.11 Å². The number of benzene rings is 1. The van der Waals surface area contributed by atoms with Crippen LogP contribution in [0.5, 0.6) is 5.75 Å². The van der Waals surface area contributed by atoms with Crippen LogP contribution in [0, 0.1) is 5.41 Å². The standard InChI is InChI=1S/C16H26BrNO/c1-5-9-18-12-16(3,6-2)11-13-7-8-15(19-4)14(17)10-13/h7-8,10,18H,5-6,9,11-12H2,1-4H3. The second-order valence-corrected chi connectivity index (χ2v) is 6.34. The van der Waals surface area contributed by atoms with Gasteiger partial charge in [-0.1, -0.05) is 26.8 Å². The Kier molecular flexibility index (Phi) is 6.87. The highest BCUT2D eigenvalue weighted by atomic mass is 79.9. The summed E-state index contributed by atoms with van der Waals surface area (Å²) in [5, 5.41) is 3.55. The van der Waals surface area contributed by atoms with Crippen LogP contribution in [0.1, 0.15) is 39.2 Å². The third-order valence-corrected chi connectivity index (χ3v) is 4.30. The fourth-order valence-electron chi connectivity index (χ4n) is 2.19. The lowest BCUT2D eigenvalue weighted by Crippen LogP contribution is -2.33. The van der Waals surface area contributed by atoms with E-state index in [1.165, 1.54) is 18.4 Å². The number of nitrogens with one attached hydrogen (secondary N) is 1. The summed E-state index contributed by atoms with van der Waals surface area (Å²) in [6.45, 7) is 9.00. The highest BCUT2D eigenvalue weighted by molar-refractivity contribution is 9.10. The highest BCUT2D eigenvalue weighted by Gasteiger charge is 2.22. The molecule has 2 nitrogen and oxygen atoms in total. The number of hydrogen-bond donors (Lipinski definition) is 1. The van der Waals surface area contributed by atoms with Crippen LogP contribution >= 0.6 is 15.9 Å². The van der Waals surface area contributed by atoms with E-state index >= 15 is 0 Å². The number of ether oxygens (including phenoxy) is 1. The summed E-state index contributed by atoms with van der Waals surface area (Å²) < 4.78 is 6.31. The molecule has 19 heavy (non-hydrogen) atoms. The number of methoxy groups -OCH3 is 1. The van der Waals surface area contributed by atoms with Gasteiger partial charge in [-0.3, -0.25) is 0 Å². The molecule has 1 unspecified atom stereocenters. The van der Waals surface area contributed by atoms with E-state index < -0.39 is 0 Å². The Balaban J connectivity index is 2.71. The fraction of sp³-hybridized carbons (Fsp3) is 0.625. The van der Waals surface area contributed by atoms with Gasteiger partial charge in [0, 0.05) is 6.54 Å². The summed E-state index contributed by atoms with van der Waals surface area (Å²) in [6, 6.07) is 6.37. The topological polar surface area (TPSA) is 21.3 Å². The predicted molar refractivity (Wildman–Crippen MR) is 86.0 cm³/mol. The lowest BCUT2D eigenvalue weighted by atomic mass is 9.81. The van der Waals surface area contributed by atoms with Gasteiger partial charge in [-0.15, -0.1) is 0 Å². The first-order chi connectivity index (χ1) is 9.04. The van der Waals surface area contributed by atoms with Gasteiger partial charge in [0.25, 0.3) is 0 Å². The van der Waals surface area contributed by atoms with E-state index in [1.807, 2.05) is 6.07 Å². The molecule has 1 N–H and O–H groups in total. The maximum absolute atomic E-state index is 5.28. The molecule has 0 aliphatic rings. The zero-order valence-electron chi connectivity index (χ0n) is 12.6. The van der Waals surface area contributed by atoms with Crippen molar-refractivity contribution >= 4 is 15.9 Å². The number of hydrogen-bond acceptors (Lipinski definition) is 2. The highest BCUT2D eigenvalue weighted by Crippen LogP contribution is 2.30. The molecule has 0 amide bonds. The summed E-state index contributed by atoms with van der Waals surface area (Å²) in [4.78, 5) is 0. The maximum Gasteiger partial charge on any atom is 0.133 e. The zero-order chi connectivity index (χ0) is 14.3. The molecule has 1 rings (SSSR count). The minimum atomic E-state index is 0.309. The monoisotopic (exact) mass is 327 g/mol. The van der Waals surface area contributed by atoms with E-state index in [4.69, 9.17) is 4.74 Å². The number of halogens is 1. The van der Waals surface area contributed by atoms with Crippen LogP contribution in [0.3, 0.4) is 0 Å². The molecule has 0 saturated carbocycles. The minimum Gasteiger partial charge on any atom is -0.496 e. The van der Waals surface area contributed by atoms with E-state index in [2.05, 4.69) is 54.2 Å². The molecule has 1 aromatic carbocycles. The van der Waals surface area contributed by atoms with Crippen LogP contribution in [0.25, 0.3) is 0 Å². The van der Waals surface area contributed by atoms with Crippen molar-refractivity contribution in [3.05, 3.63) is 28.2 Å². The van der Waals surface area contributed by atoms with Crippen molar-refractivity contribution in [2.24, 2.45) is 5.41 Å². The lowest BCUT2D eigenvalue weighted by Gasteiger charge is -2.29. The summed E-state index contributed by atoms with van der Waals surface area (Å²) in [5.74, 6) is 0.894. The third kappa shape index (κ3) is 5.15. The average molecular weight is 328 g/mol. The second kappa shape index (κ2) is 7.91. The fourth-order valence-corrected chi connectivity index (χ4v) is 2.78. The van der Waals surface area contributed by atoms with Gasteiger partial charge in [0.1, 0.15) is 5.75 Å². The molecule has 0 fully saturated rings. The molecule has 108 valence electrons. The average Bonchev–Trinajstić information content (AvgIpc) is 2.39. The molecule has 3 heteroatoms. The van der Waals surface area contributed by atoms with Crippen LogP contribution < -0.4 is 10.1 Å². The van der Waals surface area contributed by atoms with Gasteiger partial charge in [-0.05, 0) is 64.8 Å². The van der Waals surface area contributed by atoms with Gasteiger partial charge in [0.2, 0.25) is 0 Å². The van der Waals surface area contributed by atoms with Crippen molar-refractivity contribution in [2.45, 2.75) is 40.0 Å². The van der Waals surface area contributed by atoms with Gasteiger partial charge in [0.15, 0.2) is 0 Å². The summed E-state index contributed by atoms with van der Waals surface area (Å²) >= 11 is 3.56. The summed E-state index contributed by atoms with van der Waals surface area (Å²) in [7, 11) is 1.70. The first-order valence-electron chi connectivity index (χ1n) is 7.07.